The van der Waals surface area contributed by atoms with E-state index in [1.807, 2.05) is 23.3 Å². The van der Waals surface area contributed by atoms with Crippen molar-refractivity contribution in [3.8, 4) is 0 Å². The maximum Gasteiger partial charge on any atom is 0.0839 e. The van der Waals surface area contributed by atoms with Crippen LogP contribution in [0.3, 0.4) is 0 Å². The van der Waals surface area contributed by atoms with E-state index in [9.17, 15) is 0 Å². The highest BCUT2D eigenvalue weighted by Crippen LogP contribution is 2.13. The number of aromatic nitrogens is 4. The third kappa shape index (κ3) is 2.80. The Kier molecular flexibility index (Phi) is 3.90. The van der Waals surface area contributed by atoms with Gasteiger partial charge in [-0.3, -0.25) is 4.68 Å². The van der Waals surface area contributed by atoms with E-state index in [1.54, 1.807) is 11.3 Å². The lowest BCUT2D eigenvalue weighted by atomic mass is 10.3. The average Bonchev–Trinajstić information content (AvgIpc) is 2.86. The maximum absolute atomic E-state index is 5.64. The minimum absolute atomic E-state index is 0.590. The highest BCUT2D eigenvalue weighted by Gasteiger charge is 2.03. The SMILES string of the molecule is Cc1ncsc1CCn1cc(CCCl)nn1. The number of hydrogen-bond acceptors (Lipinski definition) is 4. The lowest BCUT2D eigenvalue weighted by Crippen LogP contribution is -2.01. The Morgan fingerprint density at radius 2 is 2.31 bits per heavy atom. The van der Waals surface area contributed by atoms with Crippen molar-refractivity contribution in [2.45, 2.75) is 26.3 Å². The number of rotatable bonds is 5. The Labute approximate surface area is 103 Å². The van der Waals surface area contributed by atoms with Crippen molar-refractivity contribution < 1.29 is 0 Å². The number of thiazole rings is 1. The van der Waals surface area contributed by atoms with Crippen LogP contribution in [0.5, 0.6) is 0 Å². The Bertz CT molecular complexity index is 451. The Morgan fingerprint density at radius 3 is 3.00 bits per heavy atom. The van der Waals surface area contributed by atoms with Gasteiger partial charge in [0.1, 0.15) is 0 Å². The van der Waals surface area contributed by atoms with Crippen LogP contribution in [0.25, 0.3) is 0 Å². The topological polar surface area (TPSA) is 43.6 Å². The van der Waals surface area contributed by atoms with Crippen molar-refractivity contribution in [2.75, 3.05) is 5.88 Å². The van der Waals surface area contributed by atoms with Gasteiger partial charge in [-0.15, -0.1) is 28.0 Å². The predicted octanol–water partition coefficient (Wildman–Crippen LogP) is 2.07. The quantitative estimate of drug-likeness (QED) is 0.770. The fourth-order valence-corrected chi connectivity index (χ4v) is 2.41. The molecule has 0 fully saturated rings. The molecular weight excluding hydrogens is 244 g/mol. The van der Waals surface area contributed by atoms with E-state index >= 15 is 0 Å². The third-order valence-electron chi connectivity index (χ3n) is 2.35. The van der Waals surface area contributed by atoms with Gasteiger partial charge in [0.05, 0.1) is 16.9 Å². The van der Waals surface area contributed by atoms with E-state index in [-0.39, 0.29) is 0 Å². The molecule has 0 saturated carbocycles. The van der Waals surface area contributed by atoms with Gasteiger partial charge in [-0.1, -0.05) is 5.21 Å². The van der Waals surface area contributed by atoms with E-state index in [1.165, 1.54) is 4.88 Å². The normalized spacial score (nSPS) is 10.9. The third-order valence-corrected chi connectivity index (χ3v) is 3.53. The number of nitrogens with zero attached hydrogens (tertiary/aromatic N) is 4. The van der Waals surface area contributed by atoms with Gasteiger partial charge in [0.15, 0.2) is 0 Å². The molecule has 0 aliphatic carbocycles. The molecule has 0 aliphatic rings. The first-order chi connectivity index (χ1) is 7.79. The van der Waals surface area contributed by atoms with E-state index in [0.717, 1.165) is 30.8 Å². The fourth-order valence-electron chi connectivity index (χ4n) is 1.44. The maximum atomic E-state index is 5.64. The zero-order valence-electron chi connectivity index (χ0n) is 9.06. The number of hydrogen-bond donors (Lipinski definition) is 0. The molecule has 0 unspecified atom stereocenters. The molecular formula is C10H13ClN4S. The van der Waals surface area contributed by atoms with Gasteiger partial charge < -0.3 is 0 Å². The zero-order valence-corrected chi connectivity index (χ0v) is 10.6. The lowest BCUT2D eigenvalue weighted by Gasteiger charge is -1.98. The summed E-state index contributed by atoms with van der Waals surface area (Å²) < 4.78 is 1.86. The number of halogens is 1. The second-order valence-electron chi connectivity index (χ2n) is 3.52. The highest BCUT2D eigenvalue weighted by atomic mass is 35.5. The lowest BCUT2D eigenvalue weighted by molar-refractivity contribution is 0.591. The highest BCUT2D eigenvalue weighted by molar-refractivity contribution is 7.09. The standard InChI is InChI=1S/C10H13ClN4S/c1-8-10(16-7-12-8)3-5-15-6-9(2-4-11)13-14-15/h6-7H,2-5H2,1H3. The van der Waals surface area contributed by atoms with Crippen LogP contribution in [0.4, 0.5) is 0 Å². The first kappa shape index (κ1) is 11.5. The molecule has 0 spiro atoms. The second kappa shape index (κ2) is 5.41. The van der Waals surface area contributed by atoms with Crippen molar-refractivity contribution >= 4 is 22.9 Å². The number of aryl methyl sites for hydroxylation is 4. The molecule has 2 heterocycles. The molecule has 6 heteroatoms. The molecule has 2 aromatic heterocycles. The van der Waals surface area contributed by atoms with Crippen molar-refractivity contribution in [3.05, 3.63) is 28.0 Å². The fraction of sp³-hybridized carbons (Fsp3) is 0.500. The summed E-state index contributed by atoms with van der Waals surface area (Å²) >= 11 is 7.33. The summed E-state index contributed by atoms with van der Waals surface area (Å²) in [5.41, 5.74) is 3.95. The van der Waals surface area contributed by atoms with Crippen molar-refractivity contribution in [1.29, 1.82) is 0 Å². The largest absolute Gasteiger partial charge is 0.252 e. The van der Waals surface area contributed by atoms with Crippen molar-refractivity contribution in [1.82, 2.24) is 20.0 Å². The predicted molar refractivity (Wildman–Crippen MR) is 65.0 cm³/mol. The van der Waals surface area contributed by atoms with Gasteiger partial charge in [-0.2, -0.15) is 0 Å². The van der Waals surface area contributed by atoms with Crippen molar-refractivity contribution in [2.24, 2.45) is 0 Å². The summed E-state index contributed by atoms with van der Waals surface area (Å²) in [6, 6.07) is 0. The minimum Gasteiger partial charge on any atom is -0.252 e. The first-order valence-electron chi connectivity index (χ1n) is 5.13. The van der Waals surface area contributed by atoms with E-state index < -0.39 is 0 Å². The first-order valence-corrected chi connectivity index (χ1v) is 6.55. The van der Waals surface area contributed by atoms with Crippen LogP contribution in [0, 0.1) is 6.92 Å². The molecule has 0 aromatic carbocycles. The number of alkyl halides is 1. The molecule has 4 nitrogen and oxygen atoms in total. The van der Waals surface area contributed by atoms with Gasteiger partial charge in [0.25, 0.3) is 0 Å². The molecule has 0 aliphatic heterocycles. The molecule has 2 aromatic rings. The van der Waals surface area contributed by atoms with E-state index in [4.69, 9.17) is 11.6 Å². The summed E-state index contributed by atoms with van der Waals surface area (Å²) in [5, 5.41) is 8.10. The van der Waals surface area contributed by atoms with Gasteiger partial charge >= 0.3 is 0 Å². The molecule has 0 N–H and O–H groups in total. The summed E-state index contributed by atoms with van der Waals surface area (Å²) in [5.74, 6) is 0.590. The van der Waals surface area contributed by atoms with Crippen LogP contribution in [0.2, 0.25) is 0 Å². The summed E-state index contributed by atoms with van der Waals surface area (Å²) in [6.07, 6.45) is 3.69. The summed E-state index contributed by atoms with van der Waals surface area (Å²) in [6.45, 7) is 2.88. The zero-order chi connectivity index (χ0) is 11.4. The minimum atomic E-state index is 0.590. The Morgan fingerprint density at radius 1 is 1.44 bits per heavy atom. The summed E-state index contributed by atoms with van der Waals surface area (Å²) in [7, 11) is 0. The smallest absolute Gasteiger partial charge is 0.0839 e. The second-order valence-corrected chi connectivity index (χ2v) is 4.84. The average molecular weight is 257 g/mol. The molecule has 0 amide bonds. The molecule has 2 rings (SSSR count). The van der Waals surface area contributed by atoms with Crippen molar-refractivity contribution in [3.63, 3.8) is 0 Å². The molecule has 86 valence electrons. The molecule has 16 heavy (non-hydrogen) atoms. The molecule has 0 bridgehead atoms. The molecule has 0 saturated heterocycles. The van der Waals surface area contributed by atoms with Crippen LogP contribution in [0.1, 0.15) is 16.3 Å². The van der Waals surface area contributed by atoms with Crippen LogP contribution in [0.15, 0.2) is 11.7 Å². The molecule has 0 radical (unpaired) electrons. The summed E-state index contributed by atoms with van der Waals surface area (Å²) in [4.78, 5) is 5.53. The van der Waals surface area contributed by atoms with E-state index in [2.05, 4.69) is 15.3 Å². The van der Waals surface area contributed by atoms with Gasteiger partial charge in [0.2, 0.25) is 0 Å². The van der Waals surface area contributed by atoms with Crippen LogP contribution in [-0.2, 0) is 19.4 Å². The van der Waals surface area contributed by atoms with Gasteiger partial charge in [-0.25, -0.2) is 4.98 Å². The Hall–Kier alpha value is -0.940. The van der Waals surface area contributed by atoms with Crippen LogP contribution < -0.4 is 0 Å². The Balaban J connectivity index is 1.92. The van der Waals surface area contributed by atoms with Gasteiger partial charge in [-0.05, 0) is 6.92 Å². The van der Waals surface area contributed by atoms with Crippen LogP contribution >= 0.6 is 22.9 Å². The monoisotopic (exact) mass is 256 g/mol. The van der Waals surface area contributed by atoms with Gasteiger partial charge in [0, 0.05) is 36.3 Å². The molecule has 0 atom stereocenters. The van der Waals surface area contributed by atoms with E-state index in [0.29, 0.717) is 5.88 Å². The van der Waals surface area contributed by atoms with Crippen LogP contribution in [-0.4, -0.2) is 25.9 Å².